The molecule has 0 heterocycles. The summed E-state index contributed by atoms with van der Waals surface area (Å²) in [6, 6.07) is 15.7. The molecule has 3 N–H and O–H groups in total. The topological polar surface area (TPSA) is 130 Å². The molecule has 1 amide bonds. The Kier molecular flexibility index (Phi) is 9.36. The van der Waals surface area contributed by atoms with Crippen molar-refractivity contribution in [2.75, 3.05) is 6.54 Å². The van der Waals surface area contributed by atoms with Crippen LogP contribution in [0.4, 0.5) is 0 Å². The maximum absolute atomic E-state index is 12.7. The van der Waals surface area contributed by atoms with Crippen LogP contribution in [0.5, 0.6) is 0 Å². The van der Waals surface area contributed by atoms with Crippen molar-refractivity contribution in [2.45, 2.75) is 42.5 Å². The number of rotatable bonds is 13. The van der Waals surface area contributed by atoms with Crippen molar-refractivity contribution in [3.63, 3.8) is 0 Å². The van der Waals surface area contributed by atoms with Crippen LogP contribution >= 0.6 is 0 Å². The van der Waals surface area contributed by atoms with Crippen molar-refractivity contribution in [3.8, 4) is 0 Å². The first-order valence-corrected chi connectivity index (χ1v) is 11.4. The molecule has 0 aliphatic carbocycles. The summed E-state index contributed by atoms with van der Waals surface area (Å²) in [6.45, 7) is 0.212. The Bertz CT molecular complexity index is 964. The number of sulfonamides is 1. The first-order chi connectivity index (χ1) is 14.8. The quantitative estimate of drug-likeness (QED) is 0.319. The van der Waals surface area contributed by atoms with Crippen LogP contribution in [0.1, 0.15) is 37.2 Å². The molecule has 31 heavy (non-hydrogen) atoms. The molecule has 0 fully saturated rings. The van der Waals surface area contributed by atoms with Gasteiger partial charge >= 0.3 is 5.97 Å². The highest BCUT2D eigenvalue weighted by Crippen LogP contribution is 2.23. The van der Waals surface area contributed by atoms with Gasteiger partial charge in [0.2, 0.25) is 15.9 Å². The predicted octanol–water partition coefficient (Wildman–Crippen LogP) is 2.08. The summed E-state index contributed by atoms with van der Waals surface area (Å²) in [5.41, 5.74) is 0.722. The van der Waals surface area contributed by atoms with Gasteiger partial charge in [-0.3, -0.25) is 4.79 Å². The van der Waals surface area contributed by atoms with Gasteiger partial charge in [0.15, 0.2) is 0 Å². The van der Waals surface area contributed by atoms with Crippen LogP contribution in [0.2, 0.25) is 0 Å². The standard InChI is InChI=1S/C22H26N2O6S/c25-16-14-20(22(27)28)24-21(26)19(17-9-3-1-4-10-17)13-7-8-15-23-31(29,30)18-11-5-2-6-12-18/h1-6,9-12,16,19-20,23H,7-8,13-15H2,(H,24,26)(H,27,28)/t19?,20-/m0/s1. The van der Waals surface area contributed by atoms with Crippen molar-refractivity contribution < 1.29 is 27.9 Å². The molecule has 0 saturated carbocycles. The van der Waals surface area contributed by atoms with Gasteiger partial charge in [-0.15, -0.1) is 0 Å². The maximum atomic E-state index is 12.7. The molecule has 0 aliphatic heterocycles. The number of aldehydes is 1. The van der Waals surface area contributed by atoms with Crippen LogP contribution in [0.25, 0.3) is 0 Å². The molecule has 1 unspecified atom stereocenters. The predicted molar refractivity (Wildman–Crippen MR) is 115 cm³/mol. The molecule has 9 heteroatoms. The van der Waals surface area contributed by atoms with E-state index in [1.807, 2.05) is 6.07 Å². The van der Waals surface area contributed by atoms with E-state index in [0.717, 1.165) is 5.56 Å². The number of amides is 1. The number of carbonyl (C=O) groups is 3. The number of unbranched alkanes of at least 4 members (excludes halogenated alkanes) is 1. The maximum Gasteiger partial charge on any atom is 0.326 e. The summed E-state index contributed by atoms with van der Waals surface area (Å²) in [5.74, 6) is -2.37. The molecule has 2 rings (SSSR count). The second-order valence-corrected chi connectivity index (χ2v) is 8.74. The number of benzene rings is 2. The number of carboxylic acids is 1. The van der Waals surface area contributed by atoms with Crippen LogP contribution in [0.3, 0.4) is 0 Å². The fourth-order valence-electron chi connectivity index (χ4n) is 3.09. The van der Waals surface area contributed by atoms with Crippen LogP contribution in [-0.2, 0) is 24.4 Å². The second-order valence-electron chi connectivity index (χ2n) is 6.97. The van der Waals surface area contributed by atoms with Crippen LogP contribution in [-0.4, -0.2) is 44.3 Å². The van der Waals surface area contributed by atoms with Gasteiger partial charge in [-0.1, -0.05) is 55.0 Å². The lowest BCUT2D eigenvalue weighted by Crippen LogP contribution is -2.43. The molecule has 0 saturated heterocycles. The van der Waals surface area contributed by atoms with Crippen LogP contribution in [0.15, 0.2) is 65.6 Å². The van der Waals surface area contributed by atoms with E-state index in [2.05, 4.69) is 10.0 Å². The van der Waals surface area contributed by atoms with Gasteiger partial charge in [0, 0.05) is 13.0 Å². The minimum absolute atomic E-state index is 0.187. The van der Waals surface area contributed by atoms with E-state index in [1.54, 1.807) is 42.5 Å². The summed E-state index contributed by atoms with van der Waals surface area (Å²) in [6.07, 6.45) is 1.57. The molecule has 0 radical (unpaired) electrons. The Morgan fingerprint density at radius 3 is 2.16 bits per heavy atom. The molecule has 0 aliphatic rings. The molecule has 2 atom stereocenters. The first kappa shape index (κ1) is 24.2. The summed E-state index contributed by atoms with van der Waals surface area (Å²) >= 11 is 0. The molecule has 166 valence electrons. The highest BCUT2D eigenvalue weighted by atomic mass is 32.2. The Balaban J connectivity index is 1.95. The van der Waals surface area contributed by atoms with E-state index in [-0.39, 0.29) is 17.9 Å². The normalized spacial score (nSPS) is 13.2. The van der Waals surface area contributed by atoms with E-state index in [0.29, 0.717) is 25.5 Å². The first-order valence-electron chi connectivity index (χ1n) is 9.91. The van der Waals surface area contributed by atoms with Crippen LogP contribution in [0, 0.1) is 0 Å². The summed E-state index contributed by atoms with van der Waals surface area (Å²) < 4.78 is 27.0. The third kappa shape index (κ3) is 7.62. The molecule has 2 aromatic rings. The second kappa shape index (κ2) is 12.0. The van der Waals surface area contributed by atoms with Gasteiger partial charge in [-0.2, -0.15) is 0 Å². The van der Waals surface area contributed by atoms with E-state index in [1.165, 1.54) is 12.1 Å². The van der Waals surface area contributed by atoms with E-state index >= 15 is 0 Å². The Morgan fingerprint density at radius 1 is 0.968 bits per heavy atom. The number of aliphatic carboxylic acids is 1. The van der Waals surface area contributed by atoms with Gasteiger partial charge in [-0.05, 0) is 30.5 Å². The van der Waals surface area contributed by atoms with Crippen molar-refractivity contribution in [1.29, 1.82) is 0 Å². The number of nitrogens with one attached hydrogen (secondary N) is 2. The lowest BCUT2D eigenvalue weighted by atomic mass is 9.92. The summed E-state index contributed by atoms with van der Waals surface area (Å²) in [5, 5.41) is 11.6. The van der Waals surface area contributed by atoms with E-state index < -0.39 is 33.9 Å². The average Bonchev–Trinajstić information content (AvgIpc) is 2.77. The van der Waals surface area contributed by atoms with Gasteiger partial charge < -0.3 is 15.2 Å². The van der Waals surface area contributed by atoms with Crippen molar-refractivity contribution in [1.82, 2.24) is 10.0 Å². The third-order valence-corrected chi connectivity index (χ3v) is 6.21. The molecule has 2 aromatic carbocycles. The molecule has 0 spiro atoms. The number of hydrogen-bond acceptors (Lipinski definition) is 5. The zero-order valence-electron chi connectivity index (χ0n) is 16.9. The van der Waals surface area contributed by atoms with Crippen LogP contribution < -0.4 is 10.0 Å². The van der Waals surface area contributed by atoms with E-state index in [9.17, 15) is 27.9 Å². The van der Waals surface area contributed by atoms with Crippen molar-refractivity contribution >= 4 is 28.2 Å². The van der Waals surface area contributed by atoms with Crippen molar-refractivity contribution in [3.05, 3.63) is 66.2 Å². The summed E-state index contributed by atoms with van der Waals surface area (Å²) in [7, 11) is -3.59. The van der Waals surface area contributed by atoms with Gasteiger partial charge in [0.1, 0.15) is 12.3 Å². The zero-order chi connectivity index (χ0) is 22.7. The Labute approximate surface area is 181 Å². The Hall–Kier alpha value is -3.04. The highest BCUT2D eigenvalue weighted by Gasteiger charge is 2.26. The lowest BCUT2D eigenvalue weighted by Gasteiger charge is -2.20. The number of carbonyl (C=O) groups excluding carboxylic acids is 2. The average molecular weight is 447 g/mol. The van der Waals surface area contributed by atoms with E-state index in [4.69, 9.17) is 0 Å². The SMILES string of the molecule is O=CC[C@H](NC(=O)C(CCCCNS(=O)(=O)c1ccccc1)c1ccccc1)C(=O)O. The Morgan fingerprint density at radius 2 is 1.58 bits per heavy atom. The molecule has 0 bridgehead atoms. The largest absolute Gasteiger partial charge is 0.480 e. The highest BCUT2D eigenvalue weighted by molar-refractivity contribution is 7.89. The third-order valence-electron chi connectivity index (χ3n) is 4.73. The number of hydrogen-bond donors (Lipinski definition) is 3. The monoisotopic (exact) mass is 446 g/mol. The molecular formula is C22H26N2O6S. The fourth-order valence-corrected chi connectivity index (χ4v) is 4.18. The zero-order valence-corrected chi connectivity index (χ0v) is 17.8. The lowest BCUT2D eigenvalue weighted by molar-refractivity contribution is -0.142. The molecule has 8 nitrogen and oxygen atoms in total. The smallest absolute Gasteiger partial charge is 0.326 e. The minimum Gasteiger partial charge on any atom is -0.480 e. The minimum atomic E-state index is -3.59. The van der Waals surface area contributed by atoms with Gasteiger partial charge in [0.05, 0.1) is 10.8 Å². The number of carboxylic acid groups (broad SMARTS) is 1. The van der Waals surface area contributed by atoms with Crippen molar-refractivity contribution in [2.24, 2.45) is 0 Å². The fraction of sp³-hybridized carbons (Fsp3) is 0.318. The van der Waals surface area contributed by atoms with Gasteiger partial charge in [-0.25, -0.2) is 17.9 Å². The van der Waals surface area contributed by atoms with Gasteiger partial charge in [0.25, 0.3) is 0 Å². The molecular weight excluding hydrogens is 420 g/mol. The molecule has 0 aromatic heterocycles. The summed E-state index contributed by atoms with van der Waals surface area (Å²) in [4.78, 5) is 34.9.